The number of piperidine rings is 3. The Bertz CT molecular complexity index is 1400. The molecule has 4 heterocycles. The molecule has 0 amide bonds. The molecule has 0 radical (unpaired) electrons. The van der Waals surface area contributed by atoms with E-state index in [9.17, 15) is 0 Å². The molecule has 0 unspecified atom stereocenters. The van der Waals surface area contributed by atoms with Crippen LogP contribution in [0.15, 0.2) is 6.33 Å². The first-order valence-electron chi connectivity index (χ1n) is 24.8. The second kappa shape index (κ2) is 22.0. The Balaban J connectivity index is 1.52. The topological polar surface area (TPSA) is 94.6 Å². The smallest absolute Gasteiger partial charge is 0.230 e. The highest BCUT2D eigenvalue weighted by Gasteiger charge is 2.50. The molecule has 354 valence electrons. The molecule has 0 aromatic carbocycles. The number of anilines is 2. The van der Waals surface area contributed by atoms with Gasteiger partial charge in [-0.25, -0.2) is 9.97 Å². The van der Waals surface area contributed by atoms with Crippen LogP contribution in [0.5, 0.6) is 0 Å². The first-order chi connectivity index (χ1) is 28.5. The van der Waals surface area contributed by atoms with E-state index in [0.717, 1.165) is 128 Å². The van der Waals surface area contributed by atoms with Crippen molar-refractivity contribution in [1.82, 2.24) is 35.5 Å². The minimum Gasteiger partial charge on any atom is -0.338 e. The lowest BCUT2D eigenvalue weighted by Gasteiger charge is -2.56. The molecule has 1 aromatic heterocycles. The van der Waals surface area contributed by atoms with Crippen LogP contribution in [-0.4, -0.2) is 121 Å². The van der Waals surface area contributed by atoms with Crippen molar-refractivity contribution in [3.05, 3.63) is 6.33 Å². The van der Waals surface area contributed by atoms with Crippen molar-refractivity contribution in [2.24, 2.45) is 0 Å². The predicted molar refractivity (Wildman–Crippen MR) is 254 cm³/mol. The van der Waals surface area contributed by atoms with Crippen molar-refractivity contribution in [3.63, 3.8) is 0 Å². The zero-order chi connectivity index (χ0) is 45.3. The molecule has 3 saturated heterocycles. The number of aromatic nitrogens is 3. The molecule has 12 heteroatoms. The van der Waals surface area contributed by atoms with Gasteiger partial charge in [0.1, 0.15) is 6.33 Å². The highest BCUT2D eigenvalue weighted by molar-refractivity contribution is 5.41. The molecule has 0 bridgehead atoms. The molecule has 3 aliphatic heterocycles. The quantitative estimate of drug-likeness (QED) is 0.100. The van der Waals surface area contributed by atoms with Gasteiger partial charge in [-0.2, -0.15) is 20.2 Å². The summed E-state index contributed by atoms with van der Waals surface area (Å²) in [5, 5.41) is 10.8. The number of nitrogens with zero attached hydrogens (tertiary/aromatic N) is 8. The van der Waals surface area contributed by atoms with E-state index in [1.54, 1.807) is 6.33 Å². The molecule has 12 nitrogen and oxygen atoms in total. The summed E-state index contributed by atoms with van der Waals surface area (Å²) in [5.74, 6) is 1.62. The molecule has 4 rings (SSSR count). The number of hydrogen-bond donors (Lipinski definition) is 1. The molecule has 0 aliphatic carbocycles. The van der Waals surface area contributed by atoms with Gasteiger partial charge in [0.2, 0.25) is 11.9 Å². The van der Waals surface area contributed by atoms with Crippen LogP contribution in [0.25, 0.3) is 0 Å². The van der Waals surface area contributed by atoms with Gasteiger partial charge in [0, 0.05) is 64.4 Å². The Morgan fingerprint density at radius 3 is 1.25 bits per heavy atom. The Hall–Kier alpha value is -1.67. The molecule has 3 fully saturated rings. The van der Waals surface area contributed by atoms with Crippen molar-refractivity contribution < 1.29 is 14.5 Å². The number of nitrogens with one attached hydrogen (secondary N) is 1. The zero-order valence-electron chi connectivity index (χ0n) is 42.5. The lowest BCUT2D eigenvalue weighted by Crippen LogP contribution is -2.64. The fourth-order valence-corrected chi connectivity index (χ4v) is 11.7. The van der Waals surface area contributed by atoms with E-state index in [1.165, 1.54) is 19.3 Å². The van der Waals surface area contributed by atoms with E-state index >= 15 is 0 Å². The van der Waals surface area contributed by atoms with E-state index < -0.39 is 0 Å². The number of hydrogen-bond acceptors (Lipinski definition) is 12. The predicted octanol–water partition coefficient (Wildman–Crippen LogP) is 10.5. The SMILES string of the molecule is CCCCN(c1ncnc(N(CCCCCCNC2CC(C)(C)N(OCCC)C(C)(C)C2)C2CC(C)(C)N(OCCC)C(C)(C)C2)n1)C1CC(C)(C)N(OCCC)C(C)(C)C1. The monoisotopic (exact) mass is 858 g/mol. The molecule has 0 saturated carbocycles. The molecule has 61 heavy (non-hydrogen) atoms. The van der Waals surface area contributed by atoms with Crippen LogP contribution in [-0.2, 0) is 14.5 Å². The Kier molecular flexibility index (Phi) is 18.7. The van der Waals surface area contributed by atoms with Crippen LogP contribution < -0.4 is 15.1 Å². The van der Waals surface area contributed by atoms with Gasteiger partial charge in [0.05, 0.1) is 19.8 Å². The maximum atomic E-state index is 6.48. The molecule has 0 spiro atoms. The van der Waals surface area contributed by atoms with Crippen LogP contribution in [0.1, 0.15) is 207 Å². The van der Waals surface area contributed by atoms with Gasteiger partial charge in [0.15, 0.2) is 0 Å². The third-order valence-electron chi connectivity index (χ3n) is 13.5. The Labute approximate surface area is 374 Å². The van der Waals surface area contributed by atoms with Gasteiger partial charge in [0.25, 0.3) is 0 Å². The van der Waals surface area contributed by atoms with Crippen molar-refractivity contribution >= 4 is 11.9 Å². The second-order valence-corrected chi connectivity index (χ2v) is 22.7. The van der Waals surface area contributed by atoms with Crippen molar-refractivity contribution in [2.75, 3.05) is 49.3 Å². The molecule has 0 atom stereocenters. The minimum atomic E-state index is -0.152. The van der Waals surface area contributed by atoms with Gasteiger partial charge in [-0.3, -0.25) is 14.5 Å². The van der Waals surface area contributed by atoms with Crippen molar-refractivity contribution in [3.8, 4) is 0 Å². The van der Waals surface area contributed by atoms with Crippen LogP contribution in [0, 0.1) is 0 Å². The zero-order valence-corrected chi connectivity index (χ0v) is 42.5. The summed E-state index contributed by atoms with van der Waals surface area (Å²) in [6, 6.07) is 1.05. The lowest BCUT2D eigenvalue weighted by molar-refractivity contribution is -0.283. The third kappa shape index (κ3) is 13.7. The van der Waals surface area contributed by atoms with Gasteiger partial charge in [-0.1, -0.05) is 47.0 Å². The maximum Gasteiger partial charge on any atom is 0.230 e. The van der Waals surface area contributed by atoms with E-state index in [-0.39, 0.29) is 45.3 Å². The van der Waals surface area contributed by atoms with E-state index in [2.05, 4.69) is 141 Å². The highest BCUT2D eigenvalue weighted by Crippen LogP contribution is 2.44. The van der Waals surface area contributed by atoms with Crippen LogP contribution >= 0.6 is 0 Å². The summed E-state index contributed by atoms with van der Waals surface area (Å²) in [5.41, 5.74) is -0.586. The second-order valence-electron chi connectivity index (χ2n) is 22.7. The molecule has 1 aromatic rings. The van der Waals surface area contributed by atoms with Crippen LogP contribution in [0.2, 0.25) is 0 Å². The third-order valence-corrected chi connectivity index (χ3v) is 13.5. The molecular formula is C49H95N9O3. The van der Waals surface area contributed by atoms with Crippen molar-refractivity contribution in [2.45, 2.75) is 258 Å². The lowest BCUT2D eigenvalue weighted by atomic mass is 9.78. The highest BCUT2D eigenvalue weighted by atomic mass is 16.7. The maximum absolute atomic E-state index is 6.48. The van der Waals surface area contributed by atoms with E-state index in [4.69, 9.17) is 29.5 Å². The molecule has 1 N–H and O–H groups in total. The Morgan fingerprint density at radius 2 is 0.869 bits per heavy atom. The largest absolute Gasteiger partial charge is 0.338 e. The van der Waals surface area contributed by atoms with Crippen molar-refractivity contribution in [1.29, 1.82) is 0 Å². The van der Waals surface area contributed by atoms with Crippen LogP contribution in [0.3, 0.4) is 0 Å². The van der Waals surface area contributed by atoms with E-state index in [1.807, 2.05) is 0 Å². The number of rotatable bonds is 24. The number of hydroxylamine groups is 6. The fraction of sp³-hybridized carbons (Fsp3) is 0.939. The summed E-state index contributed by atoms with van der Waals surface area (Å²) >= 11 is 0. The van der Waals surface area contributed by atoms with Crippen LogP contribution in [0.4, 0.5) is 11.9 Å². The van der Waals surface area contributed by atoms with Gasteiger partial charge >= 0.3 is 0 Å². The normalized spacial score (nSPS) is 23.3. The summed E-state index contributed by atoms with van der Waals surface area (Å²) in [4.78, 5) is 39.7. The standard InChI is InChI=1S/C49H95N9O3/c1-17-21-27-54(40-34-46(9,10)57(60-30-19-3)47(11,12)35-40)42-51-38-52-43(53-42)55(41-36-48(13,14)58(61-31-20-4)49(15,16)37-41)28-25-23-22-24-26-50-39-32-44(5,6)56(59-29-18-2)45(7,8)33-39/h38-41,50H,17-37H2,1-16H3. The van der Waals surface area contributed by atoms with Gasteiger partial charge < -0.3 is 15.1 Å². The van der Waals surface area contributed by atoms with E-state index in [0.29, 0.717) is 6.04 Å². The van der Waals surface area contributed by atoms with Gasteiger partial charge in [-0.05, 0) is 167 Å². The molecule has 3 aliphatic rings. The number of unbranched alkanes of at least 4 members (excludes halogenated alkanes) is 4. The average Bonchev–Trinajstić information content (AvgIpc) is 3.13. The first kappa shape index (κ1) is 52.0. The van der Waals surface area contributed by atoms with Gasteiger partial charge in [-0.15, -0.1) is 0 Å². The Morgan fingerprint density at radius 1 is 0.508 bits per heavy atom. The minimum absolute atomic E-state index is 0.00459. The summed E-state index contributed by atoms with van der Waals surface area (Å²) in [7, 11) is 0. The first-order valence-corrected chi connectivity index (χ1v) is 24.8. The molecular weight excluding hydrogens is 763 g/mol. The fourth-order valence-electron chi connectivity index (χ4n) is 11.7. The average molecular weight is 858 g/mol. The summed E-state index contributed by atoms with van der Waals surface area (Å²) < 4.78 is 0. The summed E-state index contributed by atoms with van der Waals surface area (Å²) in [6.07, 6.45) is 17.8. The summed E-state index contributed by atoms with van der Waals surface area (Å²) in [6.45, 7) is 42.0.